The maximum absolute atomic E-state index is 12.7. The van der Waals surface area contributed by atoms with Crippen LogP contribution in [-0.4, -0.2) is 23.7 Å². The fourth-order valence-corrected chi connectivity index (χ4v) is 4.04. The summed E-state index contributed by atoms with van der Waals surface area (Å²) in [5.41, 5.74) is 4.08. The van der Waals surface area contributed by atoms with E-state index in [2.05, 4.69) is 16.6 Å². The van der Waals surface area contributed by atoms with Gasteiger partial charge in [0.1, 0.15) is 11.5 Å². The van der Waals surface area contributed by atoms with Gasteiger partial charge in [-0.2, -0.15) is 0 Å². The molecule has 2 aliphatic rings. The summed E-state index contributed by atoms with van der Waals surface area (Å²) in [7, 11) is 0. The molecule has 1 fully saturated rings. The first-order valence-corrected chi connectivity index (χ1v) is 9.70. The second kappa shape index (κ2) is 7.47. The van der Waals surface area contributed by atoms with E-state index in [0.717, 1.165) is 35.2 Å². The zero-order valence-corrected chi connectivity index (χ0v) is 15.9. The molecule has 0 aromatic heterocycles. The van der Waals surface area contributed by atoms with Crippen LogP contribution >= 0.6 is 0 Å². The van der Waals surface area contributed by atoms with E-state index < -0.39 is 6.10 Å². The molecular weight excluding hydrogens is 352 g/mol. The number of phenolic OH excluding ortho intramolecular Hbond substituents is 1. The third kappa shape index (κ3) is 3.50. The van der Waals surface area contributed by atoms with Crippen LogP contribution in [0.4, 0.5) is 11.4 Å². The van der Waals surface area contributed by atoms with Crippen LogP contribution in [0.3, 0.4) is 0 Å². The van der Waals surface area contributed by atoms with Crippen molar-refractivity contribution in [2.24, 2.45) is 0 Å². The Morgan fingerprint density at radius 2 is 2.07 bits per heavy atom. The van der Waals surface area contributed by atoms with E-state index in [9.17, 15) is 9.90 Å². The average Bonchev–Trinajstić information content (AvgIpc) is 3.24. The van der Waals surface area contributed by atoms with Crippen LogP contribution in [0.2, 0.25) is 0 Å². The van der Waals surface area contributed by atoms with E-state index >= 15 is 0 Å². The maximum atomic E-state index is 12.7. The lowest BCUT2D eigenvalue weighted by Gasteiger charge is -2.27. The Bertz CT molecular complexity index is 955. The minimum absolute atomic E-state index is 0.252. The molecule has 0 saturated heterocycles. The van der Waals surface area contributed by atoms with Gasteiger partial charge < -0.3 is 20.5 Å². The molecule has 28 heavy (non-hydrogen) atoms. The highest BCUT2D eigenvalue weighted by atomic mass is 16.5. The first-order valence-electron chi connectivity index (χ1n) is 9.70. The molecule has 1 aliphatic carbocycles. The normalized spacial score (nSPS) is 18.5. The highest BCUT2D eigenvalue weighted by Gasteiger charge is 2.27. The minimum atomic E-state index is -0.666. The predicted octanol–water partition coefficient (Wildman–Crippen LogP) is 4.15. The Morgan fingerprint density at radius 3 is 2.82 bits per heavy atom. The van der Waals surface area contributed by atoms with Crippen LogP contribution in [0.5, 0.6) is 11.5 Å². The van der Waals surface area contributed by atoms with Crippen LogP contribution in [-0.2, 0) is 4.79 Å². The number of rotatable bonds is 3. The van der Waals surface area contributed by atoms with Crippen LogP contribution in [0.15, 0.2) is 30.3 Å². The summed E-state index contributed by atoms with van der Waals surface area (Å²) < 4.78 is 5.83. The quantitative estimate of drug-likeness (QED) is 0.704. The first kappa shape index (κ1) is 18.2. The number of hydrogen-bond donors (Lipinski definition) is 3. The molecule has 2 aromatic carbocycles. The molecule has 2 aromatic rings. The van der Waals surface area contributed by atoms with Gasteiger partial charge in [-0.25, -0.2) is 0 Å². The van der Waals surface area contributed by atoms with E-state index in [1.807, 2.05) is 19.1 Å². The van der Waals surface area contributed by atoms with Crippen LogP contribution in [0.25, 0.3) is 0 Å². The predicted molar refractivity (Wildman–Crippen MR) is 110 cm³/mol. The van der Waals surface area contributed by atoms with Crippen molar-refractivity contribution in [2.45, 2.75) is 44.6 Å². The Kier molecular flexibility index (Phi) is 4.87. The number of phenols is 1. The number of fused-ring (bicyclic) bond motifs is 1. The van der Waals surface area contributed by atoms with Gasteiger partial charge in [-0.3, -0.25) is 4.79 Å². The van der Waals surface area contributed by atoms with Crippen LogP contribution in [0, 0.1) is 19.3 Å². The minimum Gasteiger partial charge on any atom is -0.508 e. The lowest BCUT2D eigenvalue weighted by molar-refractivity contribution is -0.122. The Morgan fingerprint density at radius 1 is 1.29 bits per heavy atom. The van der Waals surface area contributed by atoms with E-state index in [1.165, 1.54) is 12.8 Å². The SMILES string of the molecule is C#Cc1ccc2c(c1)NC[C@@H](C(=O)Nc1cc(O)c(C3CCCC3)cc1C)O2. The highest BCUT2D eigenvalue weighted by molar-refractivity contribution is 5.96. The number of amides is 1. The van der Waals surface area contributed by atoms with Gasteiger partial charge in [0.2, 0.25) is 0 Å². The van der Waals surface area contributed by atoms with Gasteiger partial charge in [0.05, 0.1) is 12.2 Å². The molecule has 5 heteroatoms. The average molecular weight is 376 g/mol. The van der Waals surface area contributed by atoms with Gasteiger partial charge in [-0.1, -0.05) is 24.8 Å². The molecule has 1 saturated carbocycles. The largest absolute Gasteiger partial charge is 0.508 e. The summed E-state index contributed by atoms with van der Waals surface area (Å²) in [5.74, 6) is 3.59. The van der Waals surface area contributed by atoms with Crippen molar-refractivity contribution >= 4 is 17.3 Å². The summed E-state index contributed by atoms with van der Waals surface area (Å²) in [6, 6.07) is 9.03. The summed E-state index contributed by atoms with van der Waals surface area (Å²) in [4.78, 5) is 12.7. The highest BCUT2D eigenvalue weighted by Crippen LogP contribution is 2.40. The van der Waals surface area contributed by atoms with Crippen molar-refractivity contribution in [3.63, 3.8) is 0 Å². The summed E-state index contributed by atoms with van der Waals surface area (Å²) >= 11 is 0. The fourth-order valence-electron chi connectivity index (χ4n) is 4.04. The number of carbonyl (C=O) groups excluding carboxylic acids is 1. The van der Waals surface area contributed by atoms with Crippen molar-refractivity contribution in [3.05, 3.63) is 47.0 Å². The number of terminal acetylenes is 1. The van der Waals surface area contributed by atoms with Gasteiger partial charge in [-0.05, 0) is 55.0 Å². The summed E-state index contributed by atoms with van der Waals surface area (Å²) in [6.45, 7) is 2.29. The Balaban J connectivity index is 1.48. The number of carbonyl (C=O) groups is 1. The van der Waals surface area contributed by atoms with Crippen molar-refractivity contribution in [3.8, 4) is 23.8 Å². The number of aryl methyl sites for hydroxylation is 1. The van der Waals surface area contributed by atoms with E-state index in [-0.39, 0.29) is 11.7 Å². The molecule has 3 N–H and O–H groups in total. The van der Waals surface area contributed by atoms with E-state index in [4.69, 9.17) is 11.2 Å². The lowest BCUT2D eigenvalue weighted by atomic mass is 9.94. The van der Waals surface area contributed by atoms with Gasteiger partial charge in [0, 0.05) is 17.3 Å². The van der Waals surface area contributed by atoms with Crippen LogP contribution in [0.1, 0.15) is 48.3 Å². The van der Waals surface area contributed by atoms with E-state index in [0.29, 0.717) is 23.9 Å². The molecule has 144 valence electrons. The molecule has 1 amide bonds. The lowest BCUT2D eigenvalue weighted by Crippen LogP contribution is -2.41. The standard InChI is InChI=1S/C23H24N2O3/c1-3-15-8-9-21-19(11-15)24-13-22(28-21)23(27)25-18-12-20(26)17(10-14(18)2)16-6-4-5-7-16/h1,8-12,16,22,24,26H,4-7,13H2,2H3,(H,25,27)/t22-/m0/s1. The van der Waals surface area contributed by atoms with Gasteiger partial charge >= 0.3 is 0 Å². The van der Waals surface area contributed by atoms with Crippen molar-refractivity contribution in [1.82, 2.24) is 0 Å². The second-order valence-electron chi connectivity index (χ2n) is 7.54. The topological polar surface area (TPSA) is 70.6 Å². The third-order valence-corrected chi connectivity index (χ3v) is 5.61. The van der Waals surface area contributed by atoms with Gasteiger partial charge in [0.25, 0.3) is 5.91 Å². The fraction of sp³-hybridized carbons (Fsp3) is 0.348. The first-order chi connectivity index (χ1) is 13.5. The van der Waals surface area contributed by atoms with Crippen molar-refractivity contribution in [1.29, 1.82) is 0 Å². The molecule has 0 spiro atoms. The molecule has 1 atom stereocenters. The second-order valence-corrected chi connectivity index (χ2v) is 7.54. The Labute approximate surface area is 165 Å². The number of benzene rings is 2. The number of hydrogen-bond acceptors (Lipinski definition) is 4. The summed E-state index contributed by atoms with van der Waals surface area (Å²) in [6.07, 6.45) is 9.39. The molecule has 1 heterocycles. The summed E-state index contributed by atoms with van der Waals surface area (Å²) in [5, 5.41) is 16.6. The number of anilines is 2. The third-order valence-electron chi connectivity index (χ3n) is 5.61. The van der Waals surface area contributed by atoms with E-state index in [1.54, 1.807) is 18.2 Å². The zero-order chi connectivity index (χ0) is 19.7. The van der Waals surface area contributed by atoms with Crippen LogP contribution < -0.4 is 15.4 Å². The Hall–Kier alpha value is -3.13. The van der Waals surface area contributed by atoms with Crippen molar-refractivity contribution in [2.75, 3.05) is 17.2 Å². The zero-order valence-electron chi connectivity index (χ0n) is 15.9. The molecule has 0 unspecified atom stereocenters. The number of ether oxygens (including phenoxy) is 1. The maximum Gasteiger partial charge on any atom is 0.267 e. The molecule has 1 aliphatic heterocycles. The molecule has 4 rings (SSSR count). The number of nitrogens with one attached hydrogen (secondary N) is 2. The van der Waals surface area contributed by atoms with Gasteiger partial charge in [0.15, 0.2) is 6.10 Å². The molecule has 5 nitrogen and oxygen atoms in total. The monoisotopic (exact) mass is 376 g/mol. The molecular formula is C23H24N2O3. The molecule has 0 bridgehead atoms. The molecule has 0 radical (unpaired) electrons. The smallest absolute Gasteiger partial charge is 0.267 e. The number of aromatic hydroxyl groups is 1. The van der Waals surface area contributed by atoms with Gasteiger partial charge in [-0.15, -0.1) is 6.42 Å². The van der Waals surface area contributed by atoms with Crippen molar-refractivity contribution < 1.29 is 14.6 Å².